The van der Waals surface area contributed by atoms with Gasteiger partial charge in [-0.25, -0.2) is 23.3 Å². The van der Waals surface area contributed by atoms with Gasteiger partial charge in [0.2, 0.25) is 10.0 Å². The number of nitrogens with zero attached hydrogens (tertiary/aromatic N) is 2. The summed E-state index contributed by atoms with van der Waals surface area (Å²) in [5, 5.41) is 10.2. The van der Waals surface area contributed by atoms with Crippen LogP contribution in [0.4, 0.5) is 16.3 Å². The molecule has 4 N–H and O–H groups in total. The summed E-state index contributed by atoms with van der Waals surface area (Å²) in [6.45, 7) is 5.39. The molecule has 1 aromatic heterocycles. The van der Waals surface area contributed by atoms with Gasteiger partial charge in [0.1, 0.15) is 0 Å². The zero-order valence-corrected chi connectivity index (χ0v) is 13.7. The van der Waals surface area contributed by atoms with E-state index in [0.717, 1.165) is 11.4 Å². The van der Waals surface area contributed by atoms with Crippen LogP contribution in [-0.2, 0) is 10.0 Å². The smallest absolute Gasteiger partial charge is 0.308 e. The number of anilines is 2. The number of amides is 2. The summed E-state index contributed by atoms with van der Waals surface area (Å²) in [5.74, 6) is 0.367. The largest absolute Gasteiger partial charge is 0.324 e. The van der Waals surface area contributed by atoms with Crippen LogP contribution in [0.5, 0.6) is 0 Å². The number of carbonyl (C=O) groups excluding carboxylic acids is 1. The molecule has 23 heavy (non-hydrogen) atoms. The van der Waals surface area contributed by atoms with Crippen LogP contribution in [0.1, 0.15) is 17.1 Å². The van der Waals surface area contributed by atoms with Crippen LogP contribution in [0.2, 0.25) is 0 Å². The standard InChI is InChI=1S/C14H17N5O3S/c1-8-9(2)17-13(10(3)16-8)19-14(20)18-11-4-6-12(7-5-11)23(15,21)22/h4-7H,1-3H3,(H2,15,21,22)(H2,17,18,19,20). The van der Waals surface area contributed by atoms with Crippen molar-refractivity contribution < 1.29 is 13.2 Å². The summed E-state index contributed by atoms with van der Waals surface area (Å²) in [5.41, 5.74) is 2.55. The lowest BCUT2D eigenvalue weighted by atomic mass is 10.3. The molecule has 0 unspecified atom stereocenters. The fourth-order valence-corrected chi connectivity index (χ4v) is 2.35. The van der Waals surface area contributed by atoms with Crippen molar-refractivity contribution >= 4 is 27.6 Å². The van der Waals surface area contributed by atoms with E-state index in [1.807, 2.05) is 6.92 Å². The minimum absolute atomic E-state index is 0.0284. The highest BCUT2D eigenvalue weighted by atomic mass is 32.2. The number of aromatic nitrogens is 2. The first kappa shape index (κ1) is 16.8. The molecule has 0 saturated heterocycles. The molecule has 0 atom stereocenters. The third kappa shape index (κ3) is 4.24. The Labute approximate surface area is 134 Å². The van der Waals surface area contributed by atoms with E-state index in [0.29, 0.717) is 17.2 Å². The average molecular weight is 335 g/mol. The Hall–Kier alpha value is -2.52. The van der Waals surface area contributed by atoms with Crippen molar-refractivity contribution in [2.24, 2.45) is 5.14 Å². The Bertz CT molecular complexity index is 847. The first-order valence-corrected chi connectivity index (χ1v) is 8.24. The highest BCUT2D eigenvalue weighted by Crippen LogP contribution is 2.15. The second-order valence-corrected chi connectivity index (χ2v) is 6.54. The van der Waals surface area contributed by atoms with Crippen molar-refractivity contribution in [3.63, 3.8) is 0 Å². The summed E-state index contributed by atoms with van der Waals surface area (Å²) < 4.78 is 22.3. The van der Waals surface area contributed by atoms with Crippen LogP contribution >= 0.6 is 0 Å². The van der Waals surface area contributed by atoms with Crippen LogP contribution in [0, 0.1) is 20.8 Å². The van der Waals surface area contributed by atoms with Gasteiger partial charge < -0.3 is 5.32 Å². The predicted molar refractivity (Wildman–Crippen MR) is 86.7 cm³/mol. The Morgan fingerprint density at radius 1 is 0.957 bits per heavy atom. The number of hydrogen-bond donors (Lipinski definition) is 3. The summed E-state index contributed by atoms with van der Waals surface area (Å²) in [7, 11) is -3.76. The van der Waals surface area contributed by atoms with E-state index in [-0.39, 0.29) is 4.90 Å². The van der Waals surface area contributed by atoms with E-state index in [9.17, 15) is 13.2 Å². The highest BCUT2D eigenvalue weighted by Gasteiger charge is 2.11. The minimum atomic E-state index is -3.76. The molecular weight excluding hydrogens is 318 g/mol. The lowest BCUT2D eigenvalue weighted by Gasteiger charge is -2.10. The summed E-state index contributed by atoms with van der Waals surface area (Å²) in [6, 6.07) is 5.00. The Morgan fingerprint density at radius 3 is 2.09 bits per heavy atom. The summed E-state index contributed by atoms with van der Waals surface area (Å²) >= 11 is 0. The number of nitrogens with one attached hydrogen (secondary N) is 2. The first-order valence-electron chi connectivity index (χ1n) is 6.69. The molecule has 1 aromatic carbocycles. The Kier molecular flexibility index (Phi) is 4.62. The molecule has 1 heterocycles. The molecule has 0 bridgehead atoms. The van der Waals surface area contributed by atoms with Crippen molar-refractivity contribution in [1.82, 2.24) is 9.97 Å². The maximum absolute atomic E-state index is 12.0. The number of nitrogens with two attached hydrogens (primary N) is 1. The quantitative estimate of drug-likeness (QED) is 0.786. The van der Waals surface area contributed by atoms with Crippen LogP contribution < -0.4 is 15.8 Å². The van der Waals surface area contributed by atoms with E-state index < -0.39 is 16.1 Å². The maximum atomic E-state index is 12.0. The lowest BCUT2D eigenvalue weighted by Crippen LogP contribution is -2.21. The molecule has 0 aliphatic rings. The number of carbonyl (C=O) groups is 1. The van der Waals surface area contributed by atoms with Gasteiger partial charge in [-0.05, 0) is 45.0 Å². The number of aryl methyl sites for hydroxylation is 3. The molecule has 8 nitrogen and oxygen atoms in total. The SMILES string of the molecule is Cc1nc(C)c(NC(=O)Nc2ccc(S(N)(=O)=O)cc2)nc1C. The van der Waals surface area contributed by atoms with Crippen molar-refractivity contribution in [3.8, 4) is 0 Å². The number of benzene rings is 1. The van der Waals surface area contributed by atoms with Crippen molar-refractivity contribution in [1.29, 1.82) is 0 Å². The van der Waals surface area contributed by atoms with Gasteiger partial charge in [0.25, 0.3) is 0 Å². The molecule has 0 spiro atoms. The van der Waals surface area contributed by atoms with Crippen LogP contribution in [0.25, 0.3) is 0 Å². The number of primary sulfonamides is 1. The van der Waals surface area contributed by atoms with E-state index in [1.54, 1.807) is 13.8 Å². The number of hydrogen-bond acceptors (Lipinski definition) is 5. The van der Waals surface area contributed by atoms with Crippen molar-refractivity contribution in [2.45, 2.75) is 25.7 Å². The molecule has 0 saturated carbocycles. The Morgan fingerprint density at radius 2 is 1.52 bits per heavy atom. The normalized spacial score (nSPS) is 11.1. The zero-order valence-electron chi connectivity index (χ0n) is 12.9. The third-order valence-electron chi connectivity index (χ3n) is 3.15. The fourth-order valence-electron chi connectivity index (χ4n) is 1.83. The van der Waals surface area contributed by atoms with Gasteiger partial charge in [0.05, 0.1) is 22.0 Å². The van der Waals surface area contributed by atoms with Gasteiger partial charge in [0, 0.05) is 5.69 Å². The lowest BCUT2D eigenvalue weighted by molar-refractivity contribution is 0.262. The van der Waals surface area contributed by atoms with Crippen LogP contribution in [0.15, 0.2) is 29.2 Å². The molecule has 9 heteroatoms. The molecule has 0 radical (unpaired) electrons. The van der Waals surface area contributed by atoms with E-state index in [4.69, 9.17) is 5.14 Å². The average Bonchev–Trinajstić information content (AvgIpc) is 2.44. The predicted octanol–water partition coefficient (Wildman–Crippen LogP) is 1.69. The van der Waals surface area contributed by atoms with Gasteiger partial charge >= 0.3 is 6.03 Å². The van der Waals surface area contributed by atoms with Gasteiger partial charge in [0.15, 0.2) is 5.82 Å². The molecule has 2 aromatic rings. The summed E-state index contributed by atoms with van der Waals surface area (Å²) in [6.07, 6.45) is 0. The maximum Gasteiger partial charge on any atom is 0.324 e. The van der Waals surface area contributed by atoms with Gasteiger partial charge in [-0.1, -0.05) is 0 Å². The number of sulfonamides is 1. The number of rotatable bonds is 3. The van der Waals surface area contributed by atoms with Crippen LogP contribution in [0.3, 0.4) is 0 Å². The first-order chi connectivity index (χ1) is 10.7. The second kappa shape index (κ2) is 6.31. The van der Waals surface area contributed by atoms with E-state index in [1.165, 1.54) is 24.3 Å². The van der Waals surface area contributed by atoms with Crippen molar-refractivity contribution in [2.75, 3.05) is 10.6 Å². The molecule has 2 amide bonds. The van der Waals surface area contributed by atoms with Gasteiger partial charge in [-0.3, -0.25) is 10.3 Å². The van der Waals surface area contributed by atoms with Gasteiger partial charge in [-0.15, -0.1) is 0 Å². The fraction of sp³-hybridized carbons (Fsp3) is 0.214. The highest BCUT2D eigenvalue weighted by molar-refractivity contribution is 7.89. The second-order valence-electron chi connectivity index (χ2n) is 4.98. The molecular formula is C14H17N5O3S. The van der Waals surface area contributed by atoms with E-state index >= 15 is 0 Å². The molecule has 0 fully saturated rings. The van der Waals surface area contributed by atoms with Gasteiger partial charge in [-0.2, -0.15) is 0 Å². The molecule has 0 aliphatic heterocycles. The Balaban J connectivity index is 2.10. The molecule has 2 rings (SSSR count). The topological polar surface area (TPSA) is 127 Å². The zero-order chi connectivity index (χ0) is 17.2. The molecule has 122 valence electrons. The van der Waals surface area contributed by atoms with Crippen LogP contribution in [-0.4, -0.2) is 24.4 Å². The van der Waals surface area contributed by atoms with E-state index in [2.05, 4.69) is 20.6 Å². The third-order valence-corrected chi connectivity index (χ3v) is 4.08. The number of urea groups is 1. The van der Waals surface area contributed by atoms with Crippen molar-refractivity contribution in [3.05, 3.63) is 41.3 Å². The monoisotopic (exact) mass is 335 g/mol. The summed E-state index contributed by atoms with van der Waals surface area (Å²) in [4.78, 5) is 20.5. The minimum Gasteiger partial charge on any atom is -0.308 e. The molecule has 0 aliphatic carbocycles.